The van der Waals surface area contributed by atoms with Crippen LogP contribution in [0.4, 0.5) is 0 Å². The number of aromatic nitrogens is 9. The van der Waals surface area contributed by atoms with E-state index in [1.54, 1.807) is 6.20 Å². The fourth-order valence-corrected chi connectivity index (χ4v) is 14.6. The Morgan fingerprint density at radius 1 is 0.213 bits per heavy atom. The molecular formula is C106H102B2BrN9O4. The van der Waals surface area contributed by atoms with Crippen molar-refractivity contribution in [1.82, 2.24) is 44.9 Å². The molecule has 0 spiro atoms. The summed E-state index contributed by atoms with van der Waals surface area (Å²) in [6, 6.07) is 114. The Hall–Kier alpha value is -12.9. The molecule has 0 bridgehead atoms. The summed E-state index contributed by atoms with van der Waals surface area (Å²) in [7, 11) is -1.07. The molecule has 7 heterocycles. The zero-order valence-electron chi connectivity index (χ0n) is 66.2. The zero-order chi connectivity index (χ0) is 80.3. The quantitative estimate of drug-likeness (QED) is 0.0750. The van der Waals surface area contributed by atoms with Crippen molar-refractivity contribution in [2.75, 3.05) is 0 Å². The van der Waals surface area contributed by atoms with Gasteiger partial charge in [-0.25, -0.2) is 34.9 Å². The summed E-state index contributed by atoms with van der Waals surface area (Å²) in [6.45, 7) is 16.6. The lowest BCUT2D eigenvalue weighted by atomic mass is 9.70. The topological polar surface area (TPSA) is 153 Å². The number of hydrogen-bond donors (Lipinski definition) is 0. The highest BCUT2D eigenvalue weighted by molar-refractivity contribution is 9.10. The van der Waals surface area contributed by atoms with Gasteiger partial charge < -0.3 is 18.6 Å². The van der Waals surface area contributed by atoms with Gasteiger partial charge in [-0.05, 0) is 227 Å². The van der Waals surface area contributed by atoms with E-state index in [1.165, 1.54) is 10.8 Å². The molecular weight excluding hydrogens is 1560 g/mol. The van der Waals surface area contributed by atoms with Gasteiger partial charge in [0.25, 0.3) is 0 Å². The third-order valence-electron chi connectivity index (χ3n) is 22.2. The molecule has 13 nitrogen and oxygen atoms in total. The summed E-state index contributed by atoms with van der Waals surface area (Å²) < 4.78 is 27.1. The Balaban J connectivity index is 0.000000199. The first-order valence-electron chi connectivity index (χ1n) is 39.2. The Morgan fingerprint density at radius 2 is 0.459 bits per heavy atom. The molecule has 0 amide bonds. The van der Waals surface area contributed by atoms with Gasteiger partial charge in [0.2, 0.25) is 0 Å². The largest absolute Gasteiger partial charge is 0.494 e. The van der Waals surface area contributed by atoms with E-state index >= 15 is 0 Å². The van der Waals surface area contributed by atoms with Gasteiger partial charge in [0.05, 0.1) is 33.8 Å². The standard InChI is InChI=1S/C49H47B2N3O4.C47H31N5.C5H4BrN.5CH4/c1-46(2)47(3,4)56-50(55-46)41-29-40(30-42(31-41)51-57-48(5,6)49(7,8)58-51)38-26-22-33-21-25-37(27-39(33)28-38)32-19-23-36(24-20-32)45-53-43(34-15-11-9-12-16-34)52-44(54-45)35-17-13-10-14-18-35;1-3-11-34(12-4-1)45-50-46(35-13-5-2-6-14-35)52-47(51-45)36-21-17-32(18-22-36)37-23-19-33-20-24-38(28-39(33)27-37)40-29-41(43-15-7-9-25-48-43)31-42(30-40)44-16-8-10-26-49-44;6-5-3-1-2-4-7-5;;;;;/h9-31H,1-8H3;1-31H;1-4H;5*1H4. The second-order valence-corrected chi connectivity index (χ2v) is 32.0. The Kier molecular flexibility index (Phi) is 27.4. The van der Waals surface area contributed by atoms with Gasteiger partial charge in [0, 0.05) is 63.1 Å². The summed E-state index contributed by atoms with van der Waals surface area (Å²) in [5, 5.41) is 4.64. The van der Waals surface area contributed by atoms with Gasteiger partial charge in [-0.2, -0.15) is 0 Å². The van der Waals surface area contributed by atoms with E-state index in [-0.39, 0.29) is 37.1 Å². The molecule has 2 saturated heterocycles. The van der Waals surface area contributed by atoms with E-state index in [4.69, 9.17) is 48.5 Å². The van der Waals surface area contributed by atoms with Crippen molar-refractivity contribution < 1.29 is 18.6 Å². The molecule has 0 saturated carbocycles. The summed E-state index contributed by atoms with van der Waals surface area (Å²) in [5.41, 5.74) is 18.4. The first-order valence-corrected chi connectivity index (χ1v) is 40.0. The highest BCUT2D eigenvalue weighted by Gasteiger charge is 2.54. The molecule has 0 N–H and O–H groups in total. The molecule has 16 heteroatoms. The molecule has 0 unspecified atom stereocenters. The molecule has 608 valence electrons. The summed E-state index contributed by atoms with van der Waals surface area (Å²) in [4.78, 5) is 42.5. The molecule has 0 radical (unpaired) electrons. The lowest BCUT2D eigenvalue weighted by molar-refractivity contribution is 0.00578. The average molecular weight is 1670 g/mol. The van der Waals surface area contributed by atoms with Crippen LogP contribution in [0.5, 0.6) is 0 Å². The molecule has 0 atom stereocenters. The van der Waals surface area contributed by atoms with Crippen LogP contribution in [0.15, 0.2) is 357 Å². The van der Waals surface area contributed by atoms with E-state index in [2.05, 4.69) is 244 Å². The molecule has 19 rings (SSSR count). The smallest absolute Gasteiger partial charge is 0.399 e. The summed E-state index contributed by atoms with van der Waals surface area (Å²) >= 11 is 3.20. The fourth-order valence-electron chi connectivity index (χ4n) is 14.3. The van der Waals surface area contributed by atoms with Crippen LogP contribution in [-0.4, -0.2) is 81.5 Å². The van der Waals surface area contributed by atoms with E-state index in [9.17, 15) is 0 Å². The predicted molar refractivity (Wildman–Crippen MR) is 513 cm³/mol. The van der Waals surface area contributed by atoms with Crippen molar-refractivity contribution >= 4 is 62.6 Å². The monoisotopic (exact) mass is 1670 g/mol. The van der Waals surface area contributed by atoms with Crippen LogP contribution in [0, 0.1) is 0 Å². The number of hydrogen-bond acceptors (Lipinski definition) is 13. The summed E-state index contributed by atoms with van der Waals surface area (Å²) in [6.07, 6.45) is 5.41. The molecule has 122 heavy (non-hydrogen) atoms. The maximum Gasteiger partial charge on any atom is 0.494 e. The normalized spacial score (nSPS) is 13.7. The second kappa shape index (κ2) is 37.8. The van der Waals surface area contributed by atoms with E-state index in [0.29, 0.717) is 34.9 Å². The Morgan fingerprint density at radius 3 is 0.730 bits per heavy atom. The van der Waals surface area contributed by atoms with Crippen LogP contribution in [0.25, 0.3) is 157 Å². The van der Waals surface area contributed by atoms with Crippen LogP contribution in [0.3, 0.4) is 0 Å². The second-order valence-electron chi connectivity index (χ2n) is 31.2. The summed E-state index contributed by atoms with van der Waals surface area (Å²) in [5.74, 6) is 3.85. The lowest BCUT2D eigenvalue weighted by Crippen LogP contribution is -2.41. The predicted octanol–water partition coefficient (Wildman–Crippen LogP) is 26.5. The van der Waals surface area contributed by atoms with Crippen molar-refractivity contribution in [3.8, 4) is 135 Å². The third-order valence-corrected chi connectivity index (χ3v) is 22.7. The molecule has 2 aliphatic rings. The zero-order valence-corrected chi connectivity index (χ0v) is 67.8. The van der Waals surface area contributed by atoms with Crippen LogP contribution in [0.2, 0.25) is 0 Å². The number of pyridine rings is 3. The number of nitrogens with zero attached hydrogens (tertiary/aromatic N) is 9. The Labute approximate surface area is 728 Å². The number of fused-ring (bicyclic) bond motifs is 2. The van der Waals surface area contributed by atoms with Gasteiger partial charge in [-0.15, -0.1) is 0 Å². The van der Waals surface area contributed by atoms with Gasteiger partial charge in [-0.3, -0.25) is 9.97 Å². The van der Waals surface area contributed by atoms with Crippen molar-refractivity contribution in [3.63, 3.8) is 0 Å². The van der Waals surface area contributed by atoms with Gasteiger partial charge in [0.1, 0.15) is 4.60 Å². The van der Waals surface area contributed by atoms with Gasteiger partial charge >= 0.3 is 14.2 Å². The fraction of sp³-hybridized carbons (Fsp3) is 0.160. The highest BCUT2D eigenvalue weighted by atomic mass is 79.9. The maximum absolute atomic E-state index is 6.55. The van der Waals surface area contributed by atoms with Crippen molar-refractivity contribution in [2.45, 2.75) is 115 Å². The minimum absolute atomic E-state index is 0. The third kappa shape index (κ3) is 19.4. The van der Waals surface area contributed by atoms with Crippen molar-refractivity contribution in [2.24, 2.45) is 0 Å². The molecule has 2 fully saturated rings. The number of halogens is 1. The van der Waals surface area contributed by atoms with Gasteiger partial charge in [0.15, 0.2) is 34.9 Å². The number of benzene rings is 12. The molecule has 2 aliphatic heterocycles. The molecule has 12 aromatic carbocycles. The minimum atomic E-state index is -0.534. The van der Waals surface area contributed by atoms with E-state index in [1.807, 2.05) is 188 Å². The van der Waals surface area contributed by atoms with Crippen LogP contribution in [-0.2, 0) is 18.6 Å². The van der Waals surface area contributed by atoms with Crippen molar-refractivity contribution in [1.29, 1.82) is 0 Å². The van der Waals surface area contributed by atoms with Crippen LogP contribution >= 0.6 is 15.9 Å². The number of rotatable bonds is 14. The van der Waals surface area contributed by atoms with E-state index < -0.39 is 36.6 Å². The molecule has 0 aliphatic carbocycles. The van der Waals surface area contributed by atoms with Crippen LogP contribution < -0.4 is 10.9 Å². The first kappa shape index (κ1) is 88.4. The SMILES string of the molecule is Brc1ccccn1.C.C.C.C.C.CC1(C)OB(c2cc(B3OC(C)(C)C(C)(C)O3)cc(-c3ccc4ccc(-c5ccc(-c6nc(-c7ccccc7)nc(-c7ccccc7)n6)cc5)cc4c3)c2)OC1(C)C.c1ccc(-c2nc(-c3ccccc3)nc(-c3ccc(-c4ccc5ccc(-c6cc(-c7ccccn7)cc(-c7ccccn7)c6)cc5c4)cc3)n2)cc1. The average Bonchev–Trinajstić information content (AvgIpc) is 1.63. The van der Waals surface area contributed by atoms with E-state index in [0.717, 1.165) is 127 Å². The van der Waals surface area contributed by atoms with Crippen LogP contribution in [0.1, 0.15) is 92.5 Å². The molecule has 5 aromatic heterocycles. The maximum atomic E-state index is 6.55. The lowest BCUT2D eigenvalue weighted by Gasteiger charge is -2.32. The van der Waals surface area contributed by atoms with Gasteiger partial charge in [-0.1, -0.05) is 292 Å². The molecule has 17 aromatic rings. The highest BCUT2D eigenvalue weighted by Crippen LogP contribution is 2.41. The first-order chi connectivity index (χ1) is 56.8. The Bertz CT molecular complexity index is 6140. The van der Waals surface area contributed by atoms with Crippen molar-refractivity contribution in [3.05, 3.63) is 357 Å². The minimum Gasteiger partial charge on any atom is -0.399 e.